The van der Waals surface area contributed by atoms with Crippen LogP contribution in [0.25, 0.3) is 10.2 Å². The van der Waals surface area contributed by atoms with Crippen molar-refractivity contribution >= 4 is 56.6 Å². The Morgan fingerprint density at radius 1 is 1.06 bits per heavy atom. The number of aryl methyl sites for hydroxylation is 1. The summed E-state index contributed by atoms with van der Waals surface area (Å²) in [5.74, 6) is 1.05. The van der Waals surface area contributed by atoms with Gasteiger partial charge in [0.15, 0.2) is 16.6 Å². The average Bonchev–Trinajstić information content (AvgIpc) is 3.19. The second-order valence-electron chi connectivity index (χ2n) is 7.33. The molecule has 0 aliphatic rings. The number of hydrogen-bond acceptors (Lipinski definition) is 6. The fourth-order valence-electron chi connectivity index (χ4n) is 3.13. The number of carbonyl (C=O) groups excluding carboxylic acids is 1. The lowest BCUT2D eigenvalue weighted by molar-refractivity contribution is 0.0984. The van der Waals surface area contributed by atoms with Gasteiger partial charge in [-0.2, -0.15) is 0 Å². The van der Waals surface area contributed by atoms with Crippen LogP contribution in [-0.2, 0) is 0 Å². The van der Waals surface area contributed by atoms with E-state index in [1.165, 1.54) is 11.3 Å². The Balaban J connectivity index is 0.00000363. The molecule has 6 nitrogen and oxygen atoms in total. The number of carbonyl (C=O) groups is 1. The number of hydrogen-bond donors (Lipinski definition) is 0. The highest BCUT2D eigenvalue weighted by molar-refractivity contribution is 7.23. The summed E-state index contributed by atoms with van der Waals surface area (Å²) in [6.07, 6.45) is 0. The molecular formula is C23H29Cl2N3O3S. The number of aromatic nitrogens is 1. The van der Waals surface area contributed by atoms with Crippen LogP contribution in [0.5, 0.6) is 11.5 Å². The van der Waals surface area contributed by atoms with Gasteiger partial charge in [0.2, 0.25) is 0 Å². The fraction of sp³-hybridized carbons (Fsp3) is 0.391. The van der Waals surface area contributed by atoms with E-state index in [0.717, 1.165) is 15.8 Å². The first-order valence-corrected chi connectivity index (χ1v) is 11.5. The van der Waals surface area contributed by atoms with Crippen molar-refractivity contribution in [2.45, 2.75) is 20.8 Å². The summed E-state index contributed by atoms with van der Waals surface area (Å²) >= 11 is 7.84. The smallest absolute Gasteiger partial charge is 0.260 e. The molecule has 0 saturated carbocycles. The van der Waals surface area contributed by atoms with Gasteiger partial charge in [-0.15, -0.1) is 12.4 Å². The number of thiazole rings is 1. The number of benzene rings is 2. The highest BCUT2D eigenvalue weighted by atomic mass is 35.5. The Morgan fingerprint density at radius 2 is 1.75 bits per heavy atom. The van der Waals surface area contributed by atoms with Gasteiger partial charge < -0.3 is 14.4 Å². The Labute approximate surface area is 204 Å². The molecule has 0 radical (unpaired) electrons. The maximum absolute atomic E-state index is 13.6. The van der Waals surface area contributed by atoms with Crippen molar-refractivity contribution in [2.24, 2.45) is 0 Å². The van der Waals surface area contributed by atoms with Crippen molar-refractivity contribution in [3.63, 3.8) is 0 Å². The van der Waals surface area contributed by atoms with Crippen molar-refractivity contribution in [1.29, 1.82) is 0 Å². The van der Waals surface area contributed by atoms with Gasteiger partial charge in [0.25, 0.3) is 5.91 Å². The zero-order chi connectivity index (χ0) is 22.5. The first-order valence-electron chi connectivity index (χ1n) is 10.3. The topological polar surface area (TPSA) is 54.9 Å². The lowest BCUT2D eigenvalue weighted by Crippen LogP contribution is -2.36. The highest BCUT2D eigenvalue weighted by Gasteiger charge is 2.24. The highest BCUT2D eigenvalue weighted by Crippen LogP contribution is 2.36. The molecule has 174 valence electrons. The van der Waals surface area contributed by atoms with Gasteiger partial charge in [0, 0.05) is 18.7 Å². The van der Waals surface area contributed by atoms with Crippen LogP contribution < -0.4 is 14.4 Å². The minimum atomic E-state index is -0.140. The molecule has 0 fully saturated rings. The number of anilines is 1. The van der Waals surface area contributed by atoms with Crippen LogP contribution in [0.2, 0.25) is 5.02 Å². The lowest BCUT2D eigenvalue weighted by atomic mass is 10.1. The fourth-order valence-corrected chi connectivity index (χ4v) is 4.47. The summed E-state index contributed by atoms with van der Waals surface area (Å²) in [7, 11) is 3.96. The molecule has 0 atom stereocenters. The van der Waals surface area contributed by atoms with E-state index in [4.69, 9.17) is 26.1 Å². The Hall–Kier alpha value is -2.06. The maximum atomic E-state index is 13.6. The summed E-state index contributed by atoms with van der Waals surface area (Å²) in [6.45, 7) is 8.02. The van der Waals surface area contributed by atoms with E-state index < -0.39 is 0 Å². The summed E-state index contributed by atoms with van der Waals surface area (Å²) in [5, 5.41) is 1.27. The largest absolute Gasteiger partial charge is 0.490 e. The predicted octanol–water partition coefficient (Wildman–Crippen LogP) is 5.69. The van der Waals surface area contributed by atoms with Gasteiger partial charge in [-0.1, -0.05) is 29.0 Å². The third kappa shape index (κ3) is 5.84. The molecule has 9 heteroatoms. The van der Waals surface area contributed by atoms with Crippen LogP contribution in [0.3, 0.4) is 0 Å². The minimum Gasteiger partial charge on any atom is -0.490 e. The number of ether oxygens (including phenoxy) is 2. The van der Waals surface area contributed by atoms with E-state index in [1.54, 1.807) is 23.1 Å². The van der Waals surface area contributed by atoms with Gasteiger partial charge >= 0.3 is 0 Å². The van der Waals surface area contributed by atoms with E-state index in [0.29, 0.717) is 53.5 Å². The molecule has 0 unspecified atom stereocenters. The summed E-state index contributed by atoms with van der Waals surface area (Å²) in [4.78, 5) is 22.1. The molecule has 3 rings (SSSR count). The Morgan fingerprint density at radius 3 is 2.38 bits per heavy atom. The number of nitrogens with zero attached hydrogens (tertiary/aromatic N) is 3. The second-order valence-corrected chi connectivity index (χ2v) is 8.71. The van der Waals surface area contributed by atoms with Crippen molar-refractivity contribution in [3.05, 3.63) is 46.5 Å². The van der Waals surface area contributed by atoms with Crippen molar-refractivity contribution in [1.82, 2.24) is 9.88 Å². The SMILES string of the molecule is CCOc1ccc(C(=O)N(CCN(C)C)c2nc3c(C)ccc(Cl)c3s2)cc1OCC.Cl. The first-order chi connectivity index (χ1) is 14.8. The molecule has 0 bridgehead atoms. The van der Waals surface area contributed by atoms with Gasteiger partial charge in [-0.05, 0) is 64.7 Å². The van der Waals surface area contributed by atoms with E-state index in [2.05, 4.69) is 0 Å². The third-order valence-electron chi connectivity index (χ3n) is 4.72. The van der Waals surface area contributed by atoms with E-state index in [1.807, 2.05) is 51.9 Å². The molecular weight excluding hydrogens is 469 g/mol. The molecule has 0 spiro atoms. The van der Waals surface area contributed by atoms with Crippen LogP contribution in [0.15, 0.2) is 30.3 Å². The maximum Gasteiger partial charge on any atom is 0.260 e. The lowest BCUT2D eigenvalue weighted by Gasteiger charge is -2.22. The number of amides is 1. The van der Waals surface area contributed by atoms with Crippen molar-refractivity contribution in [3.8, 4) is 11.5 Å². The standard InChI is InChI=1S/C23H28ClN3O3S.ClH/c1-6-29-18-11-9-16(14-19(18)30-7-2)22(28)27(13-12-26(4)5)23-25-20-15(3)8-10-17(24)21(20)31-23;/h8-11,14H,6-7,12-13H2,1-5H3;1H. The average molecular weight is 498 g/mol. The quantitative estimate of drug-likeness (QED) is 0.380. The van der Waals surface area contributed by atoms with Crippen LogP contribution in [0.4, 0.5) is 5.13 Å². The molecule has 1 amide bonds. The summed E-state index contributed by atoms with van der Waals surface area (Å²) < 4.78 is 12.2. The second kappa shape index (κ2) is 11.7. The molecule has 0 N–H and O–H groups in total. The van der Waals surface area contributed by atoms with Gasteiger partial charge in [0.05, 0.1) is 28.5 Å². The van der Waals surface area contributed by atoms with E-state index in [-0.39, 0.29) is 18.3 Å². The van der Waals surface area contributed by atoms with Crippen LogP contribution >= 0.6 is 35.3 Å². The third-order valence-corrected chi connectivity index (χ3v) is 6.26. The molecule has 1 aromatic heterocycles. The Bertz CT molecular complexity index is 1030. The number of fused-ring (bicyclic) bond motifs is 1. The van der Waals surface area contributed by atoms with Crippen LogP contribution in [0.1, 0.15) is 29.8 Å². The molecule has 2 aromatic carbocycles. The monoisotopic (exact) mass is 497 g/mol. The number of halogens is 2. The number of likely N-dealkylation sites (N-methyl/N-ethyl adjacent to an activating group) is 1. The van der Waals surface area contributed by atoms with Crippen LogP contribution in [0, 0.1) is 6.92 Å². The van der Waals surface area contributed by atoms with Crippen LogP contribution in [-0.4, -0.2) is 56.2 Å². The van der Waals surface area contributed by atoms with Crippen molar-refractivity contribution < 1.29 is 14.3 Å². The summed E-state index contributed by atoms with van der Waals surface area (Å²) in [6, 6.07) is 9.11. The van der Waals surface area contributed by atoms with Gasteiger partial charge in [-0.25, -0.2) is 4.98 Å². The zero-order valence-corrected chi connectivity index (χ0v) is 21.4. The first kappa shape index (κ1) is 26.2. The summed E-state index contributed by atoms with van der Waals surface area (Å²) in [5.41, 5.74) is 2.38. The molecule has 32 heavy (non-hydrogen) atoms. The number of rotatable bonds is 9. The molecule has 0 saturated heterocycles. The normalized spacial score (nSPS) is 10.8. The Kier molecular flexibility index (Phi) is 9.58. The van der Waals surface area contributed by atoms with E-state index >= 15 is 0 Å². The van der Waals surface area contributed by atoms with Gasteiger partial charge in [-0.3, -0.25) is 9.69 Å². The molecule has 3 aromatic rings. The van der Waals surface area contributed by atoms with E-state index in [9.17, 15) is 4.79 Å². The molecule has 0 aliphatic heterocycles. The molecule has 0 aliphatic carbocycles. The zero-order valence-electron chi connectivity index (χ0n) is 19.0. The molecule has 1 heterocycles. The minimum absolute atomic E-state index is 0. The van der Waals surface area contributed by atoms with Gasteiger partial charge in [0.1, 0.15) is 0 Å². The van der Waals surface area contributed by atoms with Crippen molar-refractivity contribution in [2.75, 3.05) is 45.3 Å². The predicted molar refractivity (Wildman–Crippen MR) is 136 cm³/mol.